The van der Waals surface area contributed by atoms with E-state index in [2.05, 4.69) is 29.2 Å². The van der Waals surface area contributed by atoms with Crippen molar-refractivity contribution in [2.75, 3.05) is 19.6 Å². The normalized spacial score (nSPS) is 21.7. The third kappa shape index (κ3) is 3.39. The zero-order valence-electron chi connectivity index (χ0n) is 14.2. The van der Waals surface area contributed by atoms with Crippen molar-refractivity contribution < 1.29 is 8.42 Å². The lowest BCUT2D eigenvalue weighted by Crippen LogP contribution is -2.41. The molecule has 1 fully saturated rings. The minimum atomic E-state index is -3.63. The van der Waals surface area contributed by atoms with Crippen LogP contribution in [0.15, 0.2) is 47.4 Å². The summed E-state index contributed by atoms with van der Waals surface area (Å²) in [5.41, 5.74) is 2.75. The van der Waals surface area contributed by atoms with Gasteiger partial charge in [-0.3, -0.25) is 4.90 Å². The molecule has 0 aliphatic carbocycles. The molecule has 2 aromatic carbocycles. The Labute approximate surface area is 164 Å². The van der Waals surface area contributed by atoms with Gasteiger partial charge in [0, 0.05) is 37.2 Å². The fraction of sp³-hybridized carbons (Fsp3) is 0.368. The molecule has 2 heterocycles. The van der Waals surface area contributed by atoms with Crippen molar-refractivity contribution >= 4 is 33.2 Å². The predicted molar refractivity (Wildman–Crippen MR) is 104 cm³/mol. The first-order chi connectivity index (χ1) is 12.4. The number of hydrogen-bond donors (Lipinski definition) is 0. The van der Waals surface area contributed by atoms with Crippen LogP contribution in [-0.2, 0) is 23.0 Å². The van der Waals surface area contributed by atoms with E-state index in [9.17, 15) is 8.42 Å². The average molecular weight is 411 g/mol. The predicted octanol–water partition coefficient (Wildman–Crippen LogP) is 3.81. The molecule has 7 heteroatoms. The van der Waals surface area contributed by atoms with Gasteiger partial charge in [-0.15, -0.1) is 0 Å². The summed E-state index contributed by atoms with van der Waals surface area (Å²) < 4.78 is 27.5. The van der Waals surface area contributed by atoms with Gasteiger partial charge in [0.1, 0.15) is 4.90 Å². The second kappa shape index (κ2) is 7.13. The Balaban J connectivity index is 1.51. The van der Waals surface area contributed by atoms with Crippen molar-refractivity contribution in [2.45, 2.75) is 30.3 Å². The molecule has 1 atom stereocenters. The van der Waals surface area contributed by atoms with E-state index < -0.39 is 10.0 Å². The van der Waals surface area contributed by atoms with Crippen LogP contribution in [0.2, 0.25) is 10.0 Å². The monoisotopic (exact) mass is 410 g/mol. The Kier molecular flexibility index (Phi) is 5.01. The van der Waals surface area contributed by atoms with Gasteiger partial charge in [-0.1, -0.05) is 47.5 Å². The fourth-order valence-electron chi connectivity index (χ4n) is 3.87. The highest BCUT2D eigenvalue weighted by Crippen LogP contribution is 2.31. The van der Waals surface area contributed by atoms with Crippen LogP contribution in [0, 0.1) is 0 Å². The molecule has 138 valence electrons. The fourth-order valence-corrected chi connectivity index (χ4v) is 6.10. The van der Waals surface area contributed by atoms with Crippen molar-refractivity contribution in [3.8, 4) is 0 Å². The molecule has 0 aromatic heterocycles. The van der Waals surface area contributed by atoms with Crippen LogP contribution in [0.25, 0.3) is 0 Å². The van der Waals surface area contributed by atoms with Crippen molar-refractivity contribution in [2.24, 2.45) is 0 Å². The van der Waals surface area contributed by atoms with E-state index >= 15 is 0 Å². The van der Waals surface area contributed by atoms with Crippen molar-refractivity contribution in [1.82, 2.24) is 9.21 Å². The van der Waals surface area contributed by atoms with Crippen molar-refractivity contribution in [3.05, 3.63) is 63.6 Å². The molecule has 1 unspecified atom stereocenters. The first-order valence-electron chi connectivity index (χ1n) is 8.71. The largest absolute Gasteiger partial charge is 0.294 e. The number of sulfonamides is 1. The standard InChI is InChI=1S/C19H20Cl2N2O2S/c20-16-5-6-18(21)19(11-16)26(24,25)23-10-8-17(13-23)22-9-7-14-3-1-2-4-15(14)12-22/h1-6,11,17H,7-10,12-13H2. The average Bonchev–Trinajstić information content (AvgIpc) is 3.14. The summed E-state index contributed by atoms with van der Waals surface area (Å²) in [6.45, 7) is 2.85. The highest BCUT2D eigenvalue weighted by atomic mass is 35.5. The second-order valence-electron chi connectivity index (χ2n) is 6.87. The van der Waals surface area contributed by atoms with Crippen LogP contribution < -0.4 is 0 Å². The molecule has 0 N–H and O–H groups in total. The van der Waals surface area contributed by atoms with E-state index in [1.165, 1.54) is 27.6 Å². The third-order valence-electron chi connectivity index (χ3n) is 5.31. The van der Waals surface area contributed by atoms with Gasteiger partial charge in [0.25, 0.3) is 0 Å². The number of nitrogens with zero attached hydrogens (tertiary/aromatic N) is 2. The summed E-state index contributed by atoms with van der Waals surface area (Å²) in [7, 11) is -3.63. The second-order valence-corrected chi connectivity index (χ2v) is 9.62. The molecule has 1 saturated heterocycles. The van der Waals surface area contributed by atoms with Crippen LogP contribution in [0.1, 0.15) is 17.5 Å². The van der Waals surface area contributed by atoms with E-state index in [-0.39, 0.29) is 16.0 Å². The van der Waals surface area contributed by atoms with Crippen molar-refractivity contribution in [1.29, 1.82) is 0 Å². The maximum atomic E-state index is 13.0. The Morgan fingerprint density at radius 2 is 1.77 bits per heavy atom. The molecular weight excluding hydrogens is 391 g/mol. The molecule has 2 aliphatic rings. The lowest BCUT2D eigenvalue weighted by molar-refractivity contribution is 0.185. The first-order valence-corrected chi connectivity index (χ1v) is 10.9. The summed E-state index contributed by atoms with van der Waals surface area (Å²) >= 11 is 12.1. The zero-order valence-corrected chi connectivity index (χ0v) is 16.6. The highest BCUT2D eigenvalue weighted by molar-refractivity contribution is 7.89. The minimum Gasteiger partial charge on any atom is -0.294 e. The van der Waals surface area contributed by atoms with E-state index in [0.717, 1.165) is 25.9 Å². The number of fused-ring (bicyclic) bond motifs is 1. The number of rotatable bonds is 3. The SMILES string of the molecule is O=S(=O)(c1cc(Cl)ccc1Cl)N1CCC(N2CCc3ccccc3C2)C1. The number of halogens is 2. The topological polar surface area (TPSA) is 40.6 Å². The maximum Gasteiger partial charge on any atom is 0.244 e. The Bertz CT molecular complexity index is 933. The van der Waals surface area contributed by atoms with Crippen LogP contribution in [0.5, 0.6) is 0 Å². The van der Waals surface area contributed by atoms with E-state index in [1.54, 1.807) is 6.07 Å². The zero-order chi connectivity index (χ0) is 18.3. The molecule has 2 aliphatic heterocycles. The summed E-state index contributed by atoms with van der Waals surface area (Å²) in [6.07, 6.45) is 1.85. The molecule has 2 aromatic rings. The molecule has 0 spiro atoms. The van der Waals surface area contributed by atoms with Crippen LogP contribution in [-0.4, -0.2) is 43.3 Å². The Morgan fingerprint density at radius 3 is 2.58 bits per heavy atom. The number of hydrogen-bond acceptors (Lipinski definition) is 3. The molecule has 0 bridgehead atoms. The van der Waals surface area contributed by atoms with Gasteiger partial charge in [0.15, 0.2) is 0 Å². The number of benzene rings is 2. The maximum absolute atomic E-state index is 13.0. The highest BCUT2D eigenvalue weighted by Gasteiger charge is 2.37. The Hall–Kier alpha value is -1.11. The summed E-state index contributed by atoms with van der Waals surface area (Å²) in [6, 6.07) is 13.3. The molecule has 4 nitrogen and oxygen atoms in total. The molecule has 0 saturated carbocycles. The van der Waals surface area contributed by atoms with Gasteiger partial charge in [0.2, 0.25) is 10.0 Å². The smallest absolute Gasteiger partial charge is 0.244 e. The van der Waals surface area contributed by atoms with E-state index in [4.69, 9.17) is 23.2 Å². The molecular formula is C19H20Cl2N2O2S. The summed E-state index contributed by atoms with van der Waals surface area (Å²) in [5.74, 6) is 0. The van der Waals surface area contributed by atoms with Gasteiger partial charge in [-0.2, -0.15) is 4.31 Å². The molecule has 4 rings (SSSR count). The van der Waals surface area contributed by atoms with E-state index in [1.807, 2.05) is 0 Å². The molecule has 26 heavy (non-hydrogen) atoms. The quantitative estimate of drug-likeness (QED) is 0.771. The summed E-state index contributed by atoms with van der Waals surface area (Å²) in [4.78, 5) is 2.49. The molecule has 0 radical (unpaired) electrons. The lowest BCUT2D eigenvalue weighted by Gasteiger charge is -2.33. The molecule has 0 amide bonds. The van der Waals surface area contributed by atoms with Crippen LogP contribution in [0.3, 0.4) is 0 Å². The van der Waals surface area contributed by atoms with Crippen LogP contribution >= 0.6 is 23.2 Å². The van der Waals surface area contributed by atoms with Gasteiger partial charge >= 0.3 is 0 Å². The summed E-state index contributed by atoms with van der Waals surface area (Å²) in [5, 5.41) is 0.584. The Morgan fingerprint density at radius 1 is 1.00 bits per heavy atom. The minimum absolute atomic E-state index is 0.0938. The van der Waals surface area contributed by atoms with Gasteiger partial charge in [-0.25, -0.2) is 8.42 Å². The van der Waals surface area contributed by atoms with Crippen LogP contribution in [0.4, 0.5) is 0 Å². The van der Waals surface area contributed by atoms with Gasteiger partial charge in [0.05, 0.1) is 5.02 Å². The first kappa shape index (κ1) is 18.3. The van der Waals surface area contributed by atoms with Gasteiger partial charge < -0.3 is 0 Å². The third-order valence-corrected chi connectivity index (χ3v) is 7.90. The van der Waals surface area contributed by atoms with Crippen molar-refractivity contribution in [3.63, 3.8) is 0 Å². The van der Waals surface area contributed by atoms with E-state index in [0.29, 0.717) is 18.1 Å². The lowest BCUT2D eigenvalue weighted by atomic mass is 9.98. The van der Waals surface area contributed by atoms with Gasteiger partial charge in [-0.05, 0) is 42.2 Å².